The quantitative estimate of drug-likeness (QED) is 0.553. The summed E-state index contributed by atoms with van der Waals surface area (Å²) in [5.41, 5.74) is 0.920. The number of cyclic esters (lactones) is 1. The molecule has 4 heteroatoms. The topological polar surface area (TPSA) is 52.6 Å². The van der Waals surface area contributed by atoms with Crippen molar-refractivity contribution in [2.45, 2.75) is 5.92 Å². The van der Waals surface area contributed by atoms with Crippen molar-refractivity contribution >= 4 is 11.9 Å². The van der Waals surface area contributed by atoms with Gasteiger partial charge in [0.05, 0.1) is 13.7 Å². The van der Waals surface area contributed by atoms with Gasteiger partial charge in [-0.1, -0.05) is 30.3 Å². The van der Waals surface area contributed by atoms with Gasteiger partial charge < -0.3 is 9.47 Å². The lowest BCUT2D eigenvalue weighted by molar-refractivity contribution is -0.154. The predicted molar refractivity (Wildman–Crippen MR) is 55.6 cm³/mol. The van der Waals surface area contributed by atoms with Gasteiger partial charge in [0.1, 0.15) is 0 Å². The summed E-state index contributed by atoms with van der Waals surface area (Å²) in [6, 6.07) is 9.37. The molecular weight excluding hydrogens is 208 g/mol. The van der Waals surface area contributed by atoms with Crippen molar-refractivity contribution in [3.8, 4) is 0 Å². The van der Waals surface area contributed by atoms with E-state index in [-0.39, 0.29) is 12.5 Å². The Balaban J connectivity index is 2.28. The fraction of sp³-hybridized carbons (Fsp3) is 0.333. The Kier molecular flexibility index (Phi) is 2.90. The van der Waals surface area contributed by atoms with Gasteiger partial charge in [-0.05, 0) is 5.56 Å². The standard InChI is InChI=1S/C12H12O4/c1-15-11(13)10-9(7-16-12(10)14)8-5-3-2-4-6-8/h2-6,9-10H,7H2,1H3. The molecule has 1 fully saturated rings. The molecule has 0 amide bonds. The molecule has 4 nitrogen and oxygen atoms in total. The summed E-state index contributed by atoms with van der Waals surface area (Å²) in [7, 11) is 1.27. The van der Waals surface area contributed by atoms with Gasteiger partial charge in [-0.3, -0.25) is 9.59 Å². The molecule has 84 valence electrons. The van der Waals surface area contributed by atoms with Crippen LogP contribution in [0.5, 0.6) is 0 Å². The highest BCUT2D eigenvalue weighted by Crippen LogP contribution is 2.32. The first kappa shape index (κ1) is 10.7. The van der Waals surface area contributed by atoms with Crippen molar-refractivity contribution < 1.29 is 19.1 Å². The number of hydrogen-bond donors (Lipinski definition) is 0. The van der Waals surface area contributed by atoms with Crippen LogP contribution in [0.4, 0.5) is 0 Å². The van der Waals surface area contributed by atoms with E-state index in [1.807, 2.05) is 30.3 Å². The number of rotatable bonds is 2. The highest BCUT2D eigenvalue weighted by atomic mass is 16.6. The molecule has 2 unspecified atom stereocenters. The zero-order valence-corrected chi connectivity index (χ0v) is 8.88. The van der Waals surface area contributed by atoms with Crippen LogP contribution in [0.15, 0.2) is 30.3 Å². The third kappa shape index (κ3) is 1.78. The van der Waals surface area contributed by atoms with Crippen LogP contribution in [0.1, 0.15) is 11.5 Å². The van der Waals surface area contributed by atoms with Gasteiger partial charge in [0, 0.05) is 5.92 Å². The van der Waals surface area contributed by atoms with Gasteiger partial charge in [-0.25, -0.2) is 0 Å². The number of benzene rings is 1. The van der Waals surface area contributed by atoms with Crippen LogP contribution in [0.2, 0.25) is 0 Å². The zero-order chi connectivity index (χ0) is 11.5. The number of ether oxygens (including phenoxy) is 2. The zero-order valence-electron chi connectivity index (χ0n) is 8.88. The maximum atomic E-state index is 11.5. The van der Waals surface area contributed by atoms with E-state index >= 15 is 0 Å². The summed E-state index contributed by atoms with van der Waals surface area (Å²) in [5.74, 6) is -2.09. The van der Waals surface area contributed by atoms with Crippen molar-refractivity contribution in [3.63, 3.8) is 0 Å². The molecule has 0 saturated carbocycles. The molecule has 0 aliphatic carbocycles. The van der Waals surface area contributed by atoms with Crippen molar-refractivity contribution in [2.24, 2.45) is 5.92 Å². The molecule has 1 aromatic carbocycles. The van der Waals surface area contributed by atoms with E-state index in [2.05, 4.69) is 4.74 Å². The lowest BCUT2D eigenvalue weighted by Crippen LogP contribution is -2.25. The molecule has 1 heterocycles. The highest BCUT2D eigenvalue weighted by Gasteiger charge is 2.43. The van der Waals surface area contributed by atoms with E-state index in [1.165, 1.54) is 7.11 Å². The smallest absolute Gasteiger partial charge is 0.321 e. The fourth-order valence-electron chi connectivity index (χ4n) is 1.90. The largest absolute Gasteiger partial charge is 0.468 e. The molecule has 0 bridgehead atoms. The molecule has 0 spiro atoms. The van der Waals surface area contributed by atoms with Crippen molar-refractivity contribution in [1.29, 1.82) is 0 Å². The van der Waals surface area contributed by atoms with Crippen molar-refractivity contribution in [1.82, 2.24) is 0 Å². The van der Waals surface area contributed by atoms with Gasteiger partial charge in [0.2, 0.25) is 0 Å². The van der Waals surface area contributed by atoms with E-state index in [4.69, 9.17) is 4.74 Å². The molecule has 0 radical (unpaired) electrons. The second-order valence-electron chi connectivity index (χ2n) is 3.65. The molecule has 2 rings (SSSR count). The van der Waals surface area contributed by atoms with Crippen LogP contribution in [0.3, 0.4) is 0 Å². The number of carbonyl (C=O) groups is 2. The normalized spacial score (nSPS) is 23.9. The molecule has 1 aliphatic rings. The summed E-state index contributed by atoms with van der Waals surface area (Å²) in [6.45, 7) is 0.239. The van der Waals surface area contributed by atoms with Crippen LogP contribution >= 0.6 is 0 Å². The predicted octanol–water partition coefficient (Wildman–Crippen LogP) is 1.12. The SMILES string of the molecule is COC(=O)C1C(=O)OCC1c1ccccc1. The molecule has 1 aliphatic heterocycles. The Morgan fingerprint density at radius 1 is 1.38 bits per heavy atom. The fourth-order valence-corrected chi connectivity index (χ4v) is 1.90. The second kappa shape index (κ2) is 4.35. The summed E-state index contributed by atoms with van der Waals surface area (Å²) in [6.07, 6.45) is 0. The van der Waals surface area contributed by atoms with Crippen LogP contribution in [-0.2, 0) is 19.1 Å². The Morgan fingerprint density at radius 3 is 2.69 bits per heavy atom. The monoisotopic (exact) mass is 220 g/mol. The van der Waals surface area contributed by atoms with Crippen LogP contribution < -0.4 is 0 Å². The van der Waals surface area contributed by atoms with Gasteiger partial charge in [0.15, 0.2) is 5.92 Å². The molecule has 0 N–H and O–H groups in total. The number of carbonyl (C=O) groups excluding carboxylic acids is 2. The molecule has 2 atom stereocenters. The third-order valence-corrected chi connectivity index (χ3v) is 2.74. The Labute approximate surface area is 93.2 Å². The van der Waals surface area contributed by atoms with Crippen LogP contribution in [-0.4, -0.2) is 25.7 Å². The summed E-state index contributed by atoms with van der Waals surface area (Å²) in [5, 5.41) is 0. The summed E-state index contributed by atoms with van der Waals surface area (Å²) < 4.78 is 9.53. The third-order valence-electron chi connectivity index (χ3n) is 2.74. The molecule has 1 saturated heterocycles. The van der Waals surface area contributed by atoms with Crippen molar-refractivity contribution in [3.05, 3.63) is 35.9 Å². The van der Waals surface area contributed by atoms with Crippen LogP contribution in [0.25, 0.3) is 0 Å². The Hall–Kier alpha value is -1.84. The summed E-state index contributed by atoms with van der Waals surface area (Å²) >= 11 is 0. The van der Waals surface area contributed by atoms with E-state index in [1.54, 1.807) is 0 Å². The Bertz CT molecular complexity index is 399. The van der Waals surface area contributed by atoms with Crippen LogP contribution in [0, 0.1) is 5.92 Å². The first-order chi connectivity index (χ1) is 7.74. The number of methoxy groups -OCH3 is 1. The highest BCUT2D eigenvalue weighted by molar-refractivity contribution is 5.97. The lowest BCUT2D eigenvalue weighted by Gasteiger charge is -2.12. The Morgan fingerprint density at radius 2 is 2.06 bits per heavy atom. The van der Waals surface area contributed by atoms with E-state index in [0.717, 1.165) is 5.56 Å². The second-order valence-corrected chi connectivity index (χ2v) is 3.65. The number of esters is 2. The summed E-state index contributed by atoms with van der Waals surface area (Å²) in [4.78, 5) is 22.9. The van der Waals surface area contributed by atoms with Gasteiger partial charge in [-0.2, -0.15) is 0 Å². The first-order valence-corrected chi connectivity index (χ1v) is 5.03. The van der Waals surface area contributed by atoms with E-state index in [0.29, 0.717) is 0 Å². The molecule has 1 aromatic rings. The van der Waals surface area contributed by atoms with E-state index in [9.17, 15) is 9.59 Å². The number of hydrogen-bond acceptors (Lipinski definition) is 4. The molecular formula is C12H12O4. The minimum absolute atomic E-state index is 0.235. The van der Waals surface area contributed by atoms with Gasteiger partial charge in [0.25, 0.3) is 0 Å². The minimum atomic E-state index is -0.826. The maximum absolute atomic E-state index is 11.5. The lowest BCUT2D eigenvalue weighted by atomic mass is 9.89. The average molecular weight is 220 g/mol. The van der Waals surface area contributed by atoms with Gasteiger partial charge >= 0.3 is 11.9 Å². The maximum Gasteiger partial charge on any atom is 0.321 e. The van der Waals surface area contributed by atoms with E-state index < -0.39 is 17.9 Å². The average Bonchev–Trinajstić information content (AvgIpc) is 2.71. The van der Waals surface area contributed by atoms with Crippen molar-refractivity contribution in [2.75, 3.05) is 13.7 Å². The molecule has 16 heavy (non-hydrogen) atoms. The first-order valence-electron chi connectivity index (χ1n) is 5.03. The molecule has 0 aromatic heterocycles. The van der Waals surface area contributed by atoms with Gasteiger partial charge in [-0.15, -0.1) is 0 Å². The minimum Gasteiger partial charge on any atom is -0.468 e.